The van der Waals surface area contributed by atoms with E-state index in [-0.39, 0.29) is 17.6 Å². The SMILES string of the molecule is CC(=O)Nc1ccc(/C=C2/CN(C)C/C(=C\c3ccc(NC(C)=O)cc3)C2=O)cc1. The summed E-state index contributed by atoms with van der Waals surface area (Å²) in [5.41, 5.74) is 4.69. The molecule has 0 bridgehead atoms. The Morgan fingerprint density at radius 3 is 1.47 bits per heavy atom. The van der Waals surface area contributed by atoms with Crippen LogP contribution in [0.5, 0.6) is 0 Å². The van der Waals surface area contributed by atoms with Crippen molar-refractivity contribution in [3.8, 4) is 0 Å². The number of anilines is 2. The summed E-state index contributed by atoms with van der Waals surface area (Å²) in [6.07, 6.45) is 3.78. The number of carbonyl (C=O) groups excluding carboxylic acids is 3. The van der Waals surface area contributed by atoms with Crippen molar-refractivity contribution in [2.75, 3.05) is 30.8 Å². The van der Waals surface area contributed by atoms with Crippen LogP contribution in [0.1, 0.15) is 25.0 Å². The molecule has 0 saturated carbocycles. The lowest BCUT2D eigenvalue weighted by molar-refractivity contribution is -0.115. The van der Waals surface area contributed by atoms with Gasteiger partial charge in [0.25, 0.3) is 0 Å². The third-order valence-electron chi connectivity index (χ3n) is 4.61. The smallest absolute Gasteiger partial charge is 0.221 e. The van der Waals surface area contributed by atoms with Crippen molar-refractivity contribution in [3.63, 3.8) is 0 Å². The molecule has 1 saturated heterocycles. The fraction of sp³-hybridized carbons (Fsp3) is 0.208. The number of likely N-dealkylation sites (N-methyl/N-ethyl adjacent to an activating group) is 1. The standard InChI is InChI=1S/C24H25N3O3/c1-16(28)25-22-8-4-18(5-9-22)12-20-14-27(3)15-21(24(20)30)13-19-6-10-23(11-7-19)26-17(2)29/h4-13H,14-15H2,1-3H3,(H,25,28)(H,26,29)/b20-12-,21-13+. The van der Waals surface area contributed by atoms with Crippen molar-refractivity contribution >= 4 is 41.1 Å². The number of hydrogen-bond acceptors (Lipinski definition) is 4. The van der Waals surface area contributed by atoms with Gasteiger partial charge in [0.05, 0.1) is 0 Å². The molecule has 3 rings (SSSR count). The van der Waals surface area contributed by atoms with Crippen molar-refractivity contribution in [1.82, 2.24) is 4.90 Å². The highest BCUT2D eigenvalue weighted by atomic mass is 16.2. The zero-order chi connectivity index (χ0) is 21.7. The zero-order valence-electron chi connectivity index (χ0n) is 17.4. The first kappa shape index (κ1) is 21.2. The molecule has 30 heavy (non-hydrogen) atoms. The zero-order valence-corrected chi connectivity index (χ0v) is 17.4. The third kappa shape index (κ3) is 5.75. The first-order valence-electron chi connectivity index (χ1n) is 9.70. The van der Waals surface area contributed by atoms with Crippen LogP contribution in [0.4, 0.5) is 11.4 Å². The van der Waals surface area contributed by atoms with E-state index < -0.39 is 0 Å². The lowest BCUT2D eigenvalue weighted by Gasteiger charge is -2.26. The Hall–Kier alpha value is -3.51. The summed E-state index contributed by atoms with van der Waals surface area (Å²) in [4.78, 5) is 37.4. The van der Waals surface area contributed by atoms with Crippen LogP contribution in [-0.4, -0.2) is 42.6 Å². The molecule has 0 atom stereocenters. The van der Waals surface area contributed by atoms with E-state index in [2.05, 4.69) is 15.5 Å². The number of benzene rings is 2. The first-order valence-corrected chi connectivity index (χ1v) is 9.70. The molecule has 1 heterocycles. The van der Waals surface area contributed by atoms with Crippen LogP contribution in [0.15, 0.2) is 59.7 Å². The van der Waals surface area contributed by atoms with Gasteiger partial charge >= 0.3 is 0 Å². The Bertz CT molecular complexity index is 937. The average Bonchev–Trinajstić information content (AvgIpc) is 2.67. The first-order chi connectivity index (χ1) is 14.3. The monoisotopic (exact) mass is 403 g/mol. The second-order valence-electron chi connectivity index (χ2n) is 7.45. The van der Waals surface area contributed by atoms with Crippen LogP contribution in [0.3, 0.4) is 0 Å². The van der Waals surface area contributed by atoms with E-state index in [1.165, 1.54) is 13.8 Å². The Labute approximate surface area is 176 Å². The Morgan fingerprint density at radius 2 is 1.13 bits per heavy atom. The summed E-state index contributed by atoms with van der Waals surface area (Å²) in [6.45, 7) is 4.08. The van der Waals surface area contributed by atoms with E-state index in [0.717, 1.165) is 33.6 Å². The van der Waals surface area contributed by atoms with E-state index >= 15 is 0 Å². The maximum absolute atomic E-state index is 13.0. The minimum Gasteiger partial charge on any atom is -0.326 e. The topological polar surface area (TPSA) is 78.5 Å². The molecule has 1 aliphatic heterocycles. The molecule has 2 amide bonds. The number of ketones is 1. The number of hydrogen-bond donors (Lipinski definition) is 2. The number of carbonyl (C=O) groups is 3. The van der Waals surface area contributed by atoms with E-state index in [0.29, 0.717) is 13.1 Å². The summed E-state index contributed by atoms with van der Waals surface area (Å²) in [7, 11) is 1.98. The van der Waals surface area contributed by atoms with Crippen molar-refractivity contribution in [2.24, 2.45) is 0 Å². The second-order valence-corrected chi connectivity index (χ2v) is 7.45. The maximum Gasteiger partial charge on any atom is 0.221 e. The van der Waals surface area contributed by atoms with E-state index in [9.17, 15) is 14.4 Å². The van der Waals surface area contributed by atoms with Gasteiger partial charge in [-0.3, -0.25) is 19.3 Å². The highest BCUT2D eigenvalue weighted by molar-refractivity contribution is 6.14. The maximum atomic E-state index is 13.0. The molecule has 2 aromatic carbocycles. The molecular weight excluding hydrogens is 378 g/mol. The predicted molar refractivity (Wildman–Crippen MR) is 120 cm³/mol. The molecule has 1 fully saturated rings. The molecule has 2 N–H and O–H groups in total. The fourth-order valence-corrected chi connectivity index (χ4v) is 3.34. The third-order valence-corrected chi connectivity index (χ3v) is 4.61. The summed E-state index contributed by atoms with van der Waals surface area (Å²) < 4.78 is 0. The molecule has 0 spiro atoms. The van der Waals surface area contributed by atoms with E-state index in [1.807, 2.05) is 67.7 Å². The second kappa shape index (κ2) is 9.33. The normalized spacial score (nSPS) is 17.2. The van der Waals surface area contributed by atoms with Gasteiger partial charge in [-0.1, -0.05) is 24.3 Å². The molecule has 0 unspecified atom stereocenters. The summed E-state index contributed by atoms with van der Waals surface area (Å²) in [5.74, 6) is -0.208. The summed E-state index contributed by atoms with van der Waals surface area (Å²) in [5, 5.41) is 5.47. The quantitative estimate of drug-likeness (QED) is 0.765. The fourth-order valence-electron chi connectivity index (χ4n) is 3.34. The van der Waals surface area contributed by atoms with Crippen LogP contribution in [-0.2, 0) is 14.4 Å². The van der Waals surface area contributed by atoms with Crippen LogP contribution in [0.2, 0.25) is 0 Å². The number of rotatable bonds is 4. The molecule has 154 valence electrons. The molecular formula is C24H25N3O3. The van der Waals surface area contributed by atoms with Crippen LogP contribution < -0.4 is 10.6 Å². The van der Waals surface area contributed by atoms with Crippen LogP contribution in [0, 0.1) is 0 Å². The van der Waals surface area contributed by atoms with Crippen LogP contribution >= 0.6 is 0 Å². The van der Waals surface area contributed by atoms with Crippen molar-refractivity contribution in [2.45, 2.75) is 13.8 Å². The van der Waals surface area contributed by atoms with Crippen LogP contribution in [0.25, 0.3) is 12.2 Å². The van der Waals surface area contributed by atoms with Gasteiger partial charge in [0.15, 0.2) is 5.78 Å². The number of amides is 2. The van der Waals surface area contributed by atoms with Gasteiger partial charge in [-0.05, 0) is 54.6 Å². The number of piperidine rings is 1. The van der Waals surface area contributed by atoms with Gasteiger partial charge in [-0.2, -0.15) is 0 Å². The lowest BCUT2D eigenvalue weighted by atomic mass is 9.94. The van der Waals surface area contributed by atoms with Gasteiger partial charge in [-0.15, -0.1) is 0 Å². The molecule has 0 radical (unpaired) electrons. The molecule has 6 nitrogen and oxygen atoms in total. The summed E-state index contributed by atoms with van der Waals surface area (Å²) >= 11 is 0. The molecule has 6 heteroatoms. The number of likely N-dealkylation sites (tertiary alicyclic amines) is 1. The minimum absolute atomic E-state index is 0.0324. The van der Waals surface area contributed by atoms with Gasteiger partial charge < -0.3 is 10.6 Å². The lowest BCUT2D eigenvalue weighted by Crippen LogP contribution is -2.34. The average molecular weight is 403 g/mol. The molecule has 0 aromatic heterocycles. The molecule has 1 aliphatic rings. The number of Topliss-reactive ketones (excluding diaryl/α,β-unsaturated/α-hetero) is 1. The largest absolute Gasteiger partial charge is 0.326 e. The highest BCUT2D eigenvalue weighted by Crippen LogP contribution is 2.22. The van der Waals surface area contributed by atoms with Gasteiger partial charge in [-0.25, -0.2) is 0 Å². The Balaban J connectivity index is 1.80. The van der Waals surface area contributed by atoms with Gasteiger partial charge in [0.2, 0.25) is 11.8 Å². The van der Waals surface area contributed by atoms with Gasteiger partial charge in [0.1, 0.15) is 0 Å². The molecule has 0 aliphatic carbocycles. The Morgan fingerprint density at radius 1 is 0.767 bits per heavy atom. The highest BCUT2D eigenvalue weighted by Gasteiger charge is 2.23. The van der Waals surface area contributed by atoms with Crippen molar-refractivity contribution in [1.29, 1.82) is 0 Å². The predicted octanol–water partition coefficient (Wildman–Crippen LogP) is 3.58. The number of nitrogens with zero attached hydrogens (tertiary/aromatic N) is 1. The van der Waals surface area contributed by atoms with Gasteiger partial charge in [0, 0.05) is 49.5 Å². The minimum atomic E-state index is -0.120. The van der Waals surface area contributed by atoms with E-state index in [4.69, 9.17) is 0 Å². The van der Waals surface area contributed by atoms with Crippen molar-refractivity contribution in [3.05, 3.63) is 70.8 Å². The number of nitrogens with one attached hydrogen (secondary N) is 2. The van der Waals surface area contributed by atoms with E-state index in [1.54, 1.807) is 0 Å². The summed E-state index contributed by atoms with van der Waals surface area (Å²) in [6, 6.07) is 14.8. The Kier molecular flexibility index (Phi) is 6.59. The van der Waals surface area contributed by atoms with Crippen molar-refractivity contribution < 1.29 is 14.4 Å². The molecule has 2 aromatic rings.